The molecule has 19 heavy (non-hydrogen) atoms. The lowest BCUT2D eigenvalue weighted by atomic mass is 10.2. The van der Waals surface area contributed by atoms with Gasteiger partial charge in [-0.25, -0.2) is 8.42 Å². The normalized spacial score (nSPS) is 13.0. The summed E-state index contributed by atoms with van der Waals surface area (Å²) in [6.45, 7) is 2.19. The van der Waals surface area contributed by atoms with Gasteiger partial charge in [-0.15, -0.1) is 0 Å². The molecule has 1 heterocycles. The number of hydrogen-bond acceptors (Lipinski definition) is 5. The molecule has 106 valence electrons. The minimum Gasteiger partial charge on any atom is -0.349 e. The molecule has 0 aliphatic rings. The second-order valence-corrected chi connectivity index (χ2v) is 6.77. The van der Waals surface area contributed by atoms with E-state index in [2.05, 4.69) is 10.3 Å². The summed E-state index contributed by atoms with van der Waals surface area (Å²) in [6, 6.07) is 2.90. The van der Waals surface area contributed by atoms with E-state index in [-0.39, 0.29) is 24.6 Å². The summed E-state index contributed by atoms with van der Waals surface area (Å²) in [7, 11) is -3.10. The Labute approximate surface area is 113 Å². The van der Waals surface area contributed by atoms with Crippen molar-refractivity contribution in [1.29, 1.82) is 0 Å². The molecule has 0 aliphatic carbocycles. The summed E-state index contributed by atoms with van der Waals surface area (Å²) in [5.74, 6) is -0.460. The van der Waals surface area contributed by atoms with E-state index in [0.717, 1.165) is 17.5 Å². The van der Waals surface area contributed by atoms with E-state index in [1.807, 2.05) is 19.1 Å². The molecule has 1 rings (SSSR count). The molecular formula is C12H19N3O3S. The number of aryl methyl sites for hydroxylation is 1. The second kappa shape index (κ2) is 6.63. The highest BCUT2D eigenvalue weighted by molar-refractivity contribution is 7.90. The molecule has 0 bridgehead atoms. The summed E-state index contributed by atoms with van der Waals surface area (Å²) in [4.78, 5) is 15.8. The van der Waals surface area contributed by atoms with Crippen LogP contribution in [0.4, 0.5) is 0 Å². The van der Waals surface area contributed by atoms with Gasteiger partial charge in [-0.3, -0.25) is 9.78 Å². The number of pyridine rings is 1. The van der Waals surface area contributed by atoms with Crippen molar-refractivity contribution in [2.45, 2.75) is 25.9 Å². The van der Waals surface area contributed by atoms with Crippen molar-refractivity contribution >= 4 is 15.7 Å². The zero-order chi connectivity index (χ0) is 14.5. The summed E-state index contributed by atoms with van der Waals surface area (Å²) in [6.07, 6.45) is 2.89. The SMILES string of the molecule is Cc1cccnc1CNC(=O)C(N)CCS(C)(=O)=O. The van der Waals surface area contributed by atoms with Crippen LogP contribution in [0.15, 0.2) is 18.3 Å². The predicted molar refractivity (Wildman–Crippen MR) is 73.1 cm³/mol. The Hall–Kier alpha value is -1.47. The van der Waals surface area contributed by atoms with E-state index in [1.54, 1.807) is 6.20 Å². The number of hydrogen-bond donors (Lipinski definition) is 2. The van der Waals surface area contributed by atoms with Gasteiger partial charge in [0.1, 0.15) is 9.84 Å². The molecule has 0 fully saturated rings. The molecule has 0 spiro atoms. The Kier molecular flexibility index (Phi) is 5.44. The van der Waals surface area contributed by atoms with Gasteiger partial charge in [0, 0.05) is 12.5 Å². The number of sulfone groups is 1. The maximum absolute atomic E-state index is 11.7. The molecule has 0 radical (unpaired) electrons. The van der Waals surface area contributed by atoms with E-state index in [4.69, 9.17) is 5.73 Å². The number of aromatic nitrogens is 1. The van der Waals surface area contributed by atoms with Gasteiger partial charge in [-0.05, 0) is 25.0 Å². The first-order valence-electron chi connectivity index (χ1n) is 5.91. The zero-order valence-electron chi connectivity index (χ0n) is 11.1. The van der Waals surface area contributed by atoms with Crippen molar-refractivity contribution in [2.75, 3.05) is 12.0 Å². The Balaban J connectivity index is 2.45. The average Bonchev–Trinajstić information content (AvgIpc) is 2.33. The molecule has 7 heteroatoms. The van der Waals surface area contributed by atoms with Crippen molar-refractivity contribution in [3.63, 3.8) is 0 Å². The van der Waals surface area contributed by atoms with Crippen molar-refractivity contribution in [3.8, 4) is 0 Å². The van der Waals surface area contributed by atoms with Crippen molar-refractivity contribution in [1.82, 2.24) is 10.3 Å². The standard InChI is InChI=1S/C12H19N3O3S/c1-9-4-3-6-14-11(9)8-15-12(16)10(13)5-7-19(2,17)18/h3-4,6,10H,5,7-8,13H2,1-2H3,(H,15,16). The fraction of sp³-hybridized carbons (Fsp3) is 0.500. The van der Waals surface area contributed by atoms with Gasteiger partial charge in [-0.2, -0.15) is 0 Å². The van der Waals surface area contributed by atoms with Crippen LogP contribution in [-0.4, -0.2) is 37.4 Å². The third-order valence-corrected chi connectivity index (χ3v) is 3.66. The Morgan fingerprint density at radius 2 is 2.21 bits per heavy atom. The molecule has 0 saturated heterocycles. The minimum absolute atomic E-state index is 0.0931. The van der Waals surface area contributed by atoms with Crippen LogP contribution in [0.2, 0.25) is 0 Å². The fourth-order valence-corrected chi connectivity index (χ4v) is 2.16. The number of carbonyl (C=O) groups is 1. The third kappa shape index (κ3) is 5.80. The lowest BCUT2D eigenvalue weighted by Gasteiger charge is -2.12. The molecule has 3 N–H and O–H groups in total. The Morgan fingerprint density at radius 1 is 1.53 bits per heavy atom. The first-order valence-corrected chi connectivity index (χ1v) is 7.97. The van der Waals surface area contributed by atoms with Crippen LogP contribution >= 0.6 is 0 Å². The van der Waals surface area contributed by atoms with Crippen LogP contribution < -0.4 is 11.1 Å². The quantitative estimate of drug-likeness (QED) is 0.751. The average molecular weight is 285 g/mol. The highest BCUT2D eigenvalue weighted by atomic mass is 32.2. The van der Waals surface area contributed by atoms with Crippen LogP contribution in [0.25, 0.3) is 0 Å². The maximum Gasteiger partial charge on any atom is 0.237 e. The molecule has 1 unspecified atom stereocenters. The Morgan fingerprint density at radius 3 is 2.79 bits per heavy atom. The molecule has 1 amide bonds. The van der Waals surface area contributed by atoms with Gasteiger partial charge in [0.15, 0.2) is 0 Å². The van der Waals surface area contributed by atoms with Crippen LogP contribution in [0.5, 0.6) is 0 Å². The van der Waals surface area contributed by atoms with Crippen LogP contribution in [-0.2, 0) is 21.2 Å². The summed E-state index contributed by atoms with van der Waals surface area (Å²) >= 11 is 0. The molecule has 0 aromatic carbocycles. The lowest BCUT2D eigenvalue weighted by molar-refractivity contribution is -0.122. The summed E-state index contributed by atoms with van der Waals surface area (Å²) in [5, 5.41) is 2.65. The van der Waals surface area contributed by atoms with Crippen LogP contribution in [0.3, 0.4) is 0 Å². The smallest absolute Gasteiger partial charge is 0.237 e. The highest BCUT2D eigenvalue weighted by Gasteiger charge is 2.15. The first kappa shape index (κ1) is 15.6. The number of carbonyl (C=O) groups excluding carboxylic acids is 1. The Bertz CT molecular complexity index is 543. The minimum atomic E-state index is -3.10. The summed E-state index contributed by atoms with van der Waals surface area (Å²) in [5.41, 5.74) is 7.38. The number of nitrogens with one attached hydrogen (secondary N) is 1. The van der Waals surface area contributed by atoms with E-state index in [9.17, 15) is 13.2 Å². The molecule has 0 aliphatic heterocycles. The first-order chi connectivity index (χ1) is 8.79. The van der Waals surface area contributed by atoms with Gasteiger partial charge in [0.25, 0.3) is 0 Å². The molecule has 1 aromatic heterocycles. The monoisotopic (exact) mass is 285 g/mol. The molecular weight excluding hydrogens is 266 g/mol. The van der Waals surface area contributed by atoms with E-state index >= 15 is 0 Å². The van der Waals surface area contributed by atoms with E-state index in [1.165, 1.54) is 0 Å². The predicted octanol–water partition coefficient (Wildman–Crippen LogP) is -0.232. The molecule has 0 saturated carbocycles. The maximum atomic E-state index is 11.7. The lowest BCUT2D eigenvalue weighted by Crippen LogP contribution is -2.41. The van der Waals surface area contributed by atoms with Crippen molar-refractivity contribution < 1.29 is 13.2 Å². The number of rotatable bonds is 6. The molecule has 6 nitrogen and oxygen atoms in total. The van der Waals surface area contributed by atoms with Crippen LogP contribution in [0, 0.1) is 6.92 Å². The molecule has 1 aromatic rings. The van der Waals surface area contributed by atoms with Gasteiger partial charge in [0.2, 0.25) is 5.91 Å². The summed E-state index contributed by atoms with van der Waals surface area (Å²) < 4.78 is 22.0. The van der Waals surface area contributed by atoms with Gasteiger partial charge in [-0.1, -0.05) is 6.07 Å². The second-order valence-electron chi connectivity index (χ2n) is 4.51. The van der Waals surface area contributed by atoms with E-state index in [0.29, 0.717) is 0 Å². The van der Waals surface area contributed by atoms with Gasteiger partial charge in [0.05, 0.1) is 24.0 Å². The number of nitrogens with two attached hydrogens (primary N) is 1. The van der Waals surface area contributed by atoms with Gasteiger partial charge >= 0.3 is 0 Å². The van der Waals surface area contributed by atoms with Crippen LogP contribution in [0.1, 0.15) is 17.7 Å². The van der Waals surface area contributed by atoms with Crippen molar-refractivity contribution in [2.24, 2.45) is 5.73 Å². The van der Waals surface area contributed by atoms with E-state index < -0.39 is 15.9 Å². The number of amides is 1. The number of nitrogens with zero attached hydrogens (tertiary/aromatic N) is 1. The largest absolute Gasteiger partial charge is 0.349 e. The molecule has 1 atom stereocenters. The zero-order valence-corrected chi connectivity index (χ0v) is 11.9. The topological polar surface area (TPSA) is 102 Å². The third-order valence-electron chi connectivity index (χ3n) is 2.68. The van der Waals surface area contributed by atoms with Crippen molar-refractivity contribution in [3.05, 3.63) is 29.6 Å². The van der Waals surface area contributed by atoms with Gasteiger partial charge < -0.3 is 11.1 Å². The fourth-order valence-electron chi connectivity index (χ4n) is 1.48. The highest BCUT2D eigenvalue weighted by Crippen LogP contribution is 2.02.